The van der Waals surface area contributed by atoms with Crippen LogP contribution in [0.15, 0.2) is 18.3 Å². The second-order valence-electron chi connectivity index (χ2n) is 4.91. The van der Waals surface area contributed by atoms with Gasteiger partial charge >= 0.3 is 0 Å². The van der Waals surface area contributed by atoms with Crippen LogP contribution in [-0.4, -0.2) is 35.9 Å². The largest absolute Gasteiger partial charge is 0.335 e. The normalized spacial score (nSPS) is 20.8. The summed E-state index contributed by atoms with van der Waals surface area (Å²) in [5.74, 6) is 0.117. The summed E-state index contributed by atoms with van der Waals surface area (Å²) < 4.78 is 0. The van der Waals surface area contributed by atoms with Crippen LogP contribution in [-0.2, 0) is 9.59 Å². The van der Waals surface area contributed by atoms with Crippen molar-refractivity contribution in [3.05, 3.63) is 23.9 Å². The van der Waals surface area contributed by atoms with Crippen molar-refractivity contribution in [2.45, 2.75) is 32.9 Å². The number of nitrogens with zero attached hydrogens (tertiary/aromatic N) is 2. The Balaban J connectivity index is 2.36. The zero-order chi connectivity index (χ0) is 14.7. The van der Waals surface area contributed by atoms with Crippen LogP contribution in [0.2, 0.25) is 0 Å². The Morgan fingerprint density at radius 3 is 3.00 bits per heavy atom. The quantitative estimate of drug-likeness (QED) is 0.788. The van der Waals surface area contributed by atoms with E-state index >= 15 is 0 Å². The van der Waals surface area contributed by atoms with E-state index in [-0.39, 0.29) is 24.4 Å². The van der Waals surface area contributed by atoms with Crippen molar-refractivity contribution in [2.24, 2.45) is 0 Å². The van der Waals surface area contributed by atoms with Crippen LogP contribution in [0.25, 0.3) is 0 Å². The van der Waals surface area contributed by atoms with Gasteiger partial charge in [-0.25, -0.2) is 4.98 Å². The van der Waals surface area contributed by atoms with Gasteiger partial charge in [0.2, 0.25) is 11.8 Å². The maximum absolute atomic E-state index is 11.8. The number of pyridine rings is 1. The number of rotatable bonds is 4. The third kappa shape index (κ3) is 2.80. The Morgan fingerprint density at radius 1 is 1.55 bits per heavy atom. The smallest absolute Gasteiger partial charge is 0.249 e. The molecule has 2 rings (SSSR count). The van der Waals surface area contributed by atoms with Crippen molar-refractivity contribution >= 4 is 17.6 Å². The number of amides is 2. The number of hydrogen-bond acceptors (Lipinski definition) is 5. The molecule has 1 aliphatic rings. The highest BCUT2D eigenvalue weighted by Crippen LogP contribution is 2.26. The van der Waals surface area contributed by atoms with E-state index < -0.39 is 6.04 Å². The molecule has 1 aliphatic heterocycles. The average Bonchev–Trinajstić information content (AvgIpc) is 2.43. The van der Waals surface area contributed by atoms with Crippen molar-refractivity contribution < 1.29 is 9.59 Å². The molecule has 0 saturated carbocycles. The van der Waals surface area contributed by atoms with Gasteiger partial charge < -0.3 is 10.2 Å². The highest BCUT2D eigenvalue weighted by Gasteiger charge is 2.32. The fourth-order valence-corrected chi connectivity index (χ4v) is 2.38. The predicted molar refractivity (Wildman–Crippen MR) is 76.3 cm³/mol. The van der Waals surface area contributed by atoms with Crippen LogP contribution in [0.4, 0.5) is 5.82 Å². The number of carbonyl (C=O) groups excluding carboxylic acids is 2. The molecule has 2 N–H and O–H groups in total. The molecule has 2 unspecified atom stereocenters. The van der Waals surface area contributed by atoms with Gasteiger partial charge in [-0.05, 0) is 26.5 Å². The molecular formula is C14H20N4O2. The molecule has 1 aromatic rings. The number of imide groups is 1. The highest BCUT2D eigenvalue weighted by atomic mass is 16.2. The topological polar surface area (TPSA) is 74.3 Å². The molecule has 20 heavy (non-hydrogen) atoms. The van der Waals surface area contributed by atoms with Gasteiger partial charge in [0.05, 0.1) is 6.54 Å². The van der Waals surface area contributed by atoms with Crippen LogP contribution in [0.1, 0.15) is 32.4 Å². The Morgan fingerprint density at radius 2 is 2.30 bits per heavy atom. The lowest BCUT2D eigenvalue weighted by atomic mass is 10.1. The predicted octanol–water partition coefficient (Wildman–Crippen LogP) is 0.603. The number of nitrogens with one attached hydrogen (secondary N) is 2. The van der Waals surface area contributed by atoms with Crippen LogP contribution < -0.4 is 15.5 Å². The van der Waals surface area contributed by atoms with E-state index in [1.807, 2.05) is 26.0 Å². The zero-order valence-corrected chi connectivity index (χ0v) is 12.0. The summed E-state index contributed by atoms with van der Waals surface area (Å²) in [5.41, 5.74) is 0.990. The molecule has 0 radical (unpaired) electrons. The molecule has 1 aromatic heterocycles. The third-order valence-electron chi connectivity index (χ3n) is 3.49. The first-order chi connectivity index (χ1) is 9.54. The van der Waals surface area contributed by atoms with Gasteiger partial charge in [-0.15, -0.1) is 0 Å². The van der Waals surface area contributed by atoms with Crippen molar-refractivity contribution in [3.63, 3.8) is 0 Å². The molecule has 6 heteroatoms. The summed E-state index contributed by atoms with van der Waals surface area (Å²) in [5, 5.41) is 5.67. The van der Waals surface area contributed by atoms with Gasteiger partial charge in [0, 0.05) is 17.8 Å². The van der Waals surface area contributed by atoms with Crippen LogP contribution >= 0.6 is 0 Å². The summed E-state index contributed by atoms with van der Waals surface area (Å²) in [6.45, 7) is 6.84. The first-order valence-corrected chi connectivity index (χ1v) is 6.83. The monoisotopic (exact) mass is 276 g/mol. The first-order valence-electron chi connectivity index (χ1n) is 6.83. The molecule has 0 bridgehead atoms. The molecule has 2 amide bonds. The summed E-state index contributed by atoms with van der Waals surface area (Å²) in [4.78, 5) is 29.5. The molecule has 6 nitrogen and oxygen atoms in total. The lowest BCUT2D eigenvalue weighted by Gasteiger charge is -2.34. The molecule has 108 valence electrons. The molecular weight excluding hydrogens is 256 g/mol. The van der Waals surface area contributed by atoms with Gasteiger partial charge in [-0.2, -0.15) is 0 Å². The van der Waals surface area contributed by atoms with E-state index in [9.17, 15) is 9.59 Å². The molecule has 0 spiro atoms. The summed E-state index contributed by atoms with van der Waals surface area (Å²) in [7, 11) is 0. The van der Waals surface area contributed by atoms with Crippen molar-refractivity contribution in [3.8, 4) is 0 Å². The minimum atomic E-state index is -0.407. The standard InChI is InChI=1S/C14H20N4O2/c1-4-15-9(2)11-6-5-7-16-13(11)18-8-12(19)17-14(20)10(18)3/h5-7,9-10,15H,4,8H2,1-3H3,(H,17,19,20). The van der Waals surface area contributed by atoms with E-state index in [0.717, 1.165) is 12.1 Å². The van der Waals surface area contributed by atoms with Gasteiger partial charge in [0.15, 0.2) is 0 Å². The SMILES string of the molecule is CCNC(C)c1cccnc1N1CC(=O)NC(=O)C1C. The van der Waals surface area contributed by atoms with E-state index in [1.165, 1.54) is 0 Å². The number of anilines is 1. The second-order valence-corrected chi connectivity index (χ2v) is 4.91. The maximum atomic E-state index is 11.8. The first kappa shape index (κ1) is 14.5. The minimum absolute atomic E-state index is 0.107. The van der Waals surface area contributed by atoms with Gasteiger partial charge in [-0.1, -0.05) is 13.0 Å². The lowest BCUT2D eigenvalue weighted by molar-refractivity contribution is -0.132. The fraction of sp³-hybridized carbons (Fsp3) is 0.500. The van der Waals surface area contributed by atoms with E-state index in [2.05, 4.69) is 15.6 Å². The molecule has 2 heterocycles. The zero-order valence-electron chi connectivity index (χ0n) is 12.0. The third-order valence-corrected chi connectivity index (χ3v) is 3.49. The Bertz CT molecular complexity index is 518. The number of hydrogen-bond donors (Lipinski definition) is 2. The molecule has 1 saturated heterocycles. The van der Waals surface area contributed by atoms with E-state index in [1.54, 1.807) is 18.0 Å². The van der Waals surface area contributed by atoms with E-state index in [4.69, 9.17) is 0 Å². The molecule has 2 atom stereocenters. The summed E-state index contributed by atoms with van der Waals surface area (Å²) in [6.07, 6.45) is 1.68. The molecule has 0 aliphatic carbocycles. The van der Waals surface area contributed by atoms with Gasteiger partial charge in [0.25, 0.3) is 0 Å². The Labute approximate surface area is 118 Å². The van der Waals surface area contributed by atoms with Gasteiger partial charge in [0.1, 0.15) is 11.9 Å². The lowest BCUT2D eigenvalue weighted by Crippen LogP contribution is -2.57. The average molecular weight is 276 g/mol. The van der Waals surface area contributed by atoms with Gasteiger partial charge in [-0.3, -0.25) is 14.9 Å². The van der Waals surface area contributed by atoms with Crippen molar-refractivity contribution in [1.29, 1.82) is 0 Å². The molecule has 1 fully saturated rings. The summed E-state index contributed by atoms with van der Waals surface area (Å²) in [6, 6.07) is 3.54. The van der Waals surface area contributed by atoms with Crippen LogP contribution in [0.3, 0.4) is 0 Å². The Hall–Kier alpha value is -1.95. The number of carbonyl (C=O) groups is 2. The van der Waals surface area contributed by atoms with Crippen LogP contribution in [0, 0.1) is 0 Å². The maximum Gasteiger partial charge on any atom is 0.249 e. The van der Waals surface area contributed by atoms with Crippen LogP contribution in [0.5, 0.6) is 0 Å². The fourth-order valence-electron chi connectivity index (χ4n) is 2.38. The number of piperazine rings is 1. The Kier molecular flexibility index (Phi) is 4.34. The number of aromatic nitrogens is 1. The molecule has 0 aromatic carbocycles. The van der Waals surface area contributed by atoms with E-state index in [0.29, 0.717) is 5.82 Å². The minimum Gasteiger partial charge on any atom is -0.335 e. The summed E-state index contributed by atoms with van der Waals surface area (Å²) >= 11 is 0. The highest BCUT2D eigenvalue weighted by molar-refractivity contribution is 6.04. The van der Waals surface area contributed by atoms with Crippen molar-refractivity contribution in [2.75, 3.05) is 18.0 Å². The second kappa shape index (κ2) is 6.00. The van der Waals surface area contributed by atoms with Crippen molar-refractivity contribution in [1.82, 2.24) is 15.6 Å².